The molecule has 1 heterocycles. The highest BCUT2D eigenvalue weighted by molar-refractivity contribution is 6.04. The molecule has 0 unspecified atom stereocenters. The number of hydrogen-bond acceptors (Lipinski definition) is 4. The summed E-state index contributed by atoms with van der Waals surface area (Å²) in [4.78, 5) is 29.1. The first-order valence-corrected chi connectivity index (χ1v) is 9.28. The number of aryl methyl sites for hydroxylation is 1. The van der Waals surface area contributed by atoms with E-state index in [1.54, 1.807) is 6.07 Å². The summed E-state index contributed by atoms with van der Waals surface area (Å²) in [5.74, 6) is 0.309. The van der Waals surface area contributed by atoms with Gasteiger partial charge in [0.25, 0.3) is 5.91 Å². The normalized spacial score (nSPS) is 22.8. The Balaban J connectivity index is 1.63. The molecule has 1 aromatic carbocycles. The van der Waals surface area contributed by atoms with Crippen molar-refractivity contribution in [3.8, 4) is 0 Å². The van der Waals surface area contributed by atoms with E-state index >= 15 is 0 Å². The average molecular weight is 354 g/mol. The first-order valence-electron chi connectivity index (χ1n) is 9.28. The smallest absolute Gasteiger partial charge is 0.339 e. The van der Waals surface area contributed by atoms with Crippen LogP contribution in [0.2, 0.25) is 0 Å². The Labute approximate surface area is 154 Å². The van der Waals surface area contributed by atoms with Crippen LogP contribution in [0.1, 0.15) is 49.2 Å². The first-order chi connectivity index (χ1) is 12.5. The Kier molecular flexibility index (Phi) is 5.55. The second-order valence-electron chi connectivity index (χ2n) is 7.35. The van der Waals surface area contributed by atoms with Crippen LogP contribution in [0.3, 0.4) is 0 Å². The molecule has 1 aliphatic carbocycles. The summed E-state index contributed by atoms with van der Waals surface area (Å²) in [6.45, 7) is 5.97. The molecule has 26 heavy (non-hydrogen) atoms. The molecule has 1 aliphatic rings. The van der Waals surface area contributed by atoms with Crippen molar-refractivity contribution in [2.45, 2.75) is 46.1 Å². The van der Waals surface area contributed by atoms with E-state index in [4.69, 9.17) is 4.74 Å². The van der Waals surface area contributed by atoms with Crippen LogP contribution < -0.4 is 5.32 Å². The number of rotatable bonds is 4. The molecule has 3 rings (SSSR count). The van der Waals surface area contributed by atoms with Gasteiger partial charge in [-0.15, -0.1) is 0 Å². The summed E-state index contributed by atoms with van der Waals surface area (Å²) in [6, 6.07) is 9.29. The topological polar surface area (TPSA) is 68.3 Å². The number of para-hydroxylation sites is 1. The number of hydrogen-bond donors (Lipinski definition) is 1. The third-order valence-corrected chi connectivity index (χ3v) is 5.45. The summed E-state index contributed by atoms with van der Waals surface area (Å²) < 4.78 is 5.28. The van der Waals surface area contributed by atoms with E-state index in [9.17, 15) is 9.59 Å². The molecule has 3 atom stereocenters. The molecule has 138 valence electrons. The highest BCUT2D eigenvalue weighted by Gasteiger charge is 2.28. The highest BCUT2D eigenvalue weighted by atomic mass is 16.5. The highest BCUT2D eigenvalue weighted by Crippen LogP contribution is 2.29. The molecule has 1 amide bonds. The van der Waals surface area contributed by atoms with E-state index in [0.29, 0.717) is 17.4 Å². The van der Waals surface area contributed by atoms with Crippen molar-refractivity contribution < 1.29 is 14.3 Å². The first kappa shape index (κ1) is 18.4. The fourth-order valence-electron chi connectivity index (χ4n) is 3.72. The van der Waals surface area contributed by atoms with Gasteiger partial charge in [0.2, 0.25) is 0 Å². The lowest BCUT2D eigenvalue weighted by molar-refractivity contribution is -0.125. The molecule has 0 spiro atoms. The molecule has 2 aromatic rings. The fourth-order valence-corrected chi connectivity index (χ4v) is 3.72. The zero-order valence-corrected chi connectivity index (χ0v) is 15.6. The van der Waals surface area contributed by atoms with Gasteiger partial charge in [0, 0.05) is 17.1 Å². The average Bonchev–Trinajstić information content (AvgIpc) is 2.62. The molecular formula is C21H26N2O3. The Bertz CT molecular complexity index is 818. The summed E-state index contributed by atoms with van der Waals surface area (Å²) in [6.07, 6.45) is 3.31. The lowest BCUT2D eigenvalue weighted by atomic mass is 9.78. The van der Waals surface area contributed by atoms with Gasteiger partial charge < -0.3 is 10.1 Å². The zero-order chi connectivity index (χ0) is 18.7. The summed E-state index contributed by atoms with van der Waals surface area (Å²) in [5.41, 5.74) is 1.93. The molecule has 1 N–H and O–H groups in total. The minimum atomic E-state index is -0.494. The van der Waals surface area contributed by atoms with Gasteiger partial charge in [-0.2, -0.15) is 0 Å². The van der Waals surface area contributed by atoms with Crippen molar-refractivity contribution in [3.63, 3.8) is 0 Å². The van der Waals surface area contributed by atoms with Crippen LogP contribution in [0.15, 0.2) is 30.3 Å². The largest absolute Gasteiger partial charge is 0.452 e. The van der Waals surface area contributed by atoms with Gasteiger partial charge >= 0.3 is 5.97 Å². The van der Waals surface area contributed by atoms with E-state index in [2.05, 4.69) is 24.1 Å². The van der Waals surface area contributed by atoms with Gasteiger partial charge in [-0.1, -0.05) is 44.9 Å². The molecule has 0 bridgehead atoms. The second-order valence-corrected chi connectivity index (χ2v) is 7.35. The monoisotopic (exact) mass is 354 g/mol. The van der Waals surface area contributed by atoms with Crippen LogP contribution in [0.25, 0.3) is 10.9 Å². The van der Waals surface area contributed by atoms with Gasteiger partial charge in [0.1, 0.15) is 0 Å². The molecule has 0 saturated heterocycles. The Morgan fingerprint density at radius 1 is 1.23 bits per heavy atom. The number of aromatic nitrogens is 1. The lowest BCUT2D eigenvalue weighted by Gasteiger charge is -2.34. The number of benzene rings is 1. The van der Waals surface area contributed by atoms with Crippen LogP contribution in [0.4, 0.5) is 0 Å². The summed E-state index contributed by atoms with van der Waals surface area (Å²) in [5, 5.41) is 3.76. The Hall–Kier alpha value is -2.43. The number of carbonyl (C=O) groups excluding carboxylic acids is 2. The zero-order valence-electron chi connectivity index (χ0n) is 15.6. The summed E-state index contributed by atoms with van der Waals surface area (Å²) >= 11 is 0. The SMILES string of the molecule is Cc1cc(C(=O)OCC(=O)N[C@H]2CCC[C@H](C)[C@@H]2C)c2ccccc2n1. The van der Waals surface area contributed by atoms with E-state index in [-0.39, 0.29) is 18.6 Å². The maximum absolute atomic E-state index is 12.5. The van der Waals surface area contributed by atoms with Crippen LogP contribution in [0.5, 0.6) is 0 Å². The van der Waals surface area contributed by atoms with Gasteiger partial charge in [-0.25, -0.2) is 4.79 Å². The van der Waals surface area contributed by atoms with Crippen LogP contribution >= 0.6 is 0 Å². The van der Waals surface area contributed by atoms with Crippen molar-refractivity contribution >= 4 is 22.8 Å². The van der Waals surface area contributed by atoms with E-state index in [1.165, 1.54) is 6.42 Å². The molecule has 1 saturated carbocycles. The number of esters is 1. The van der Waals surface area contributed by atoms with E-state index in [0.717, 1.165) is 29.4 Å². The number of amides is 1. The maximum Gasteiger partial charge on any atom is 0.339 e. The quantitative estimate of drug-likeness (QED) is 0.851. The van der Waals surface area contributed by atoms with Crippen molar-refractivity contribution in [1.29, 1.82) is 0 Å². The van der Waals surface area contributed by atoms with Gasteiger partial charge in [-0.05, 0) is 37.3 Å². The number of carbonyl (C=O) groups is 2. The van der Waals surface area contributed by atoms with Gasteiger partial charge in [0.15, 0.2) is 6.61 Å². The third-order valence-electron chi connectivity index (χ3n) is 5.45. The molecule has 0 radical (unpaired) electrons. The van der Waals surface area contributed by atoms with Gasteiger partial charge in [-0.3, -0.25) is 9.78 Å². The van der Waals surface area contributed by atoms with Crippen molar-refractivity contribution in [2.75, 3.05) is 6.61 Å². The third kappa shape index (κ3) is 4.03. The number of fused-ring (bicyclic) bond motifs is 1. The molecular weight excluding hydrogens is 328 g/mol. The van der Waals surface area contributed by atoms with Crippen LogP contribution in [0, 0.1) is 18.8 Å². The number of pyridine rings is 1. The minimum absolute atomic E-state index is 0.161. The van der Waals surface area contributed by atoms with Crippen LogP contribution in [-0.4, -0.2) is 29.5 Å². The minimum Gasteiger partial charge on any atom is -0.452 e. The lowest BCUT2D eigenvalue weighted by Crippen LogP contribution is -2.45. The number of nitrogens with one attached hydrogen (secondary N) is 1. The van der Waals surface area contributed by atoms with E-state index < -0.39 is 5.97 Å². The second kappa shape index (κ2) is 7.85. The maximum atomic E-state index is 12.5. The molecule has 1 aromatic heterocycles. The van der Waals surface area contributed by atoms with E-state index in [1.807, 2.05) is 31.2 Å². The van der Waals surface area contributed by atoms with Crippen molar-refractivity contribution in [2.24, 2.45) is 11.8 Å². The Morgan fingerprint density at radius 3 is 2.81 bits per heavy atom. The fraction of sp³-hybridized carbons (Fsp3) is 0.476. The number of ether oxygens (including phenoxy) is 1. The van der Waals surface area contributed by atoms with Crippen LogP contribution in [-0.2, 0) is 9.53 Å². The predicted octanol–water partition coefficient (Wildman–Crippen LogP) is 3.64. The molecule has 0 aliphatic heterocycles. The summed E-state index contributed by atoms with van der Waals surface area (Å²) in [7, 11) is 0. The molecule has 1 fully saturated rings. The van der Waals surface area contributed by atoms with Crippen molar-refractivity contribution in [3.05, 3.63) is 41.6 Å². The number of nitrogens with zero attached hydrogens (tertiary/aromatic N) is 1. The molecule has 5 nitrogen and oxygen atoms in total. The standard InChI is InChI=1S/C21H26N2O3/c1-13-7-6-10-18(15(13)3)23-20(24)12-26-21(25)17-11-14(2)22-19-9-5-4-8-16(17)19/h4-5,8-9,11,13,15,18H,6-7,10,12H2,1-3H3,(H,23,24)/t13-,15-,18-/m0/s1. The predicted molar refractivity (Wildman–Crippen MR) is 101 cm³/mol. The van der Waals surface area contributed by atoms with Crippen molar-refractivity contribution in [1.82, 2.24) is 10.3 Å². The molecule has 5 heteroatoms. The van der Waals surface area contributed by atoms with Gasteiger partial charge in [0.05, 0.1) is 11.1 Å². The Morgan fingerprint density at radius 2 is 2.00 bits per heavy atom.